The van der Waals surface area contributed by atoms with Crippen LogP contribution in [0.3, 0.4) is 0 Å². The molecule has 0 unspecified atom stereocenters. The first-order valence-corrected chi connectivity index (χ1v) is 8.61. The van der Waals surface area contributed by atoms with Gasteiger partial charge in [0, 0.05) is 12.1 Å². The molecule has 0 spiro atoms. The van der Waals surface area contributed by atoms with Crippen molar-refractivity contribution in [1.29, 1.82) is 0 Å². The van der Waals surface area contributed by atoms with Gasteiger partial charge in [-0.3, -0.25) is 0 Å². The summed E-state index contributed by atoms with van der Waals surface area (Å²) in [4.78, 5) is 0.209. The second kappa shape index (κ2) is 7.24. The Balaban J connectivity index is 2.73. The predicted octanol–water partition coefficient (Wildman–Crippen LogP) is 2.13. The van der Waals surface area contributed by atoms with Crippen LogP contribution in [-0.2, 0) is 10.0 Å². The lowest BCUT2D eigenvalue weighted by Crippen LogP contribution is -2.48. The van der Waals surface area contributed by atoms with E-state index in [1.165, 1.54) is 0 Å². The number of nitrogens with two attached hydrogens (primary N) is 1. The third-order valence-corrected chi connectivity index (χ3v) is 4.73. The second-order valence-corrected chi connectivity index (χ2v) is 7.88. The molecular weight excluding hydrogens is 288 g/mol. The first-order valence-electron chi connectivity index (χ1n) is 7.13. The fourth-order valence-electron chi connectivity index (χ4n) is 1.59. The third kappa shape index (κ3) is 6.03. The number of hydrogen-bond acceptors (Lipinski definition) is 4. The molecule has 0 bridgehead atoms. The Kier molecular flexibility index (Phi) is 6.19. The van der Waals surface area contributed by atoms with E-state index in [1.54, 1.807) is 38.1 Å². The summed E-state index contributed by atoms with van der Waals surface area (Å²) < 4.78 is 32.6. The molecule has 120 valence electrons. The van der Waals surface area contributed by atoms with Gasteiger partial charge in [-0.15, -0.1) is 0 Å². The number of sulfonamides is 1. The smallest absolute Gasteiger partial charge is 0.241 e. The lowest BCUT2D eigenvalue weighted by molar-refractivity contribution is 0.289. The van der Waals surface area contributed by atoms with E-state index in [-0.39, 0.29) is 11.4 Å². The standard InChI is InChI=1S/C15H26N2O3S/c1-12(2)9-10-20-13-5-7-14(8-6-13)21(18,19)17-15(3,4)11-16/h5-8,12,17H,9-11,16H2,1-4H3. The van der Waals surface area contributed by atoms with Crippen LogP contribution in [-0.4, -0.2) is 27.1 Å². The number of ether oxygens (including phenoxy) is 1. The monoisotopic (exact) mass is 314 g/mol. The Morgan fingerprint density at radius 3 is 2.29 bits per heavy atom. The van der Waals surface area contributed by atoms with E-state index in [4.69, 9.17) is 10.5 Å². The molecule has 0 saturated heterocycles. The normalized spacial score (nSPS) is 12.7. The summed E-state index contributed by atoms with van der Waals surface area (Å²) in [6.07, 6.45) is 0.965. The van der Waals surface area contributed by atoms with Crippen molar-refractivity contribution in [2.75, 3.05) is 13.2 Å². The Labute approximate surface area is 127 Å². The Bertz CT molecular complexity index is 537. The first kappa shape index (κ1) is 17.9. The molecule has 1 aromatic carbocycles. The van der Waals surface area contributed by atoms with Crippen LogP contribution in [0.1, 0.15) is 34.1 Å². The van der Waals surface area contributed by atoms with Gasteiger partial charge >= 0.3 is 0 Å². The molecule has 0 amide bonds. The minimum absolute atomic E-state index is 0.209. The molecule has 0 fully saturated rings. The van der Waals surface area contributed by atoms with Crippen molar-refractivity contribution in [2.45, 2.75) is 44.6 Å². The van der Waals surface area contributed by atoms with Crippen LogP contribution in [0.15, 0.2) is 29.2 Å². The molecule has 0 atom stereocenters. The summed E-state index contributed by atoms with van der Waals surface area (Å²) in [5, 5.41) is 0. The lowest BCUT2D eigenvalue weighted by Gasteiger charge is -2.23. The Morgan fingerprint density at radius 2 is 1.81 bits per heavy atom. The molecule has 0 radical (unpaired) electrons. The average molecular weight is 314 g/mol. The highest BCUT2D eigenvalue weighted by atomic mass is 32.2. The molecule has 0 aliphatic rings. The van der Waals surface area contributed by atoms with E-state index in [1.807, 2.05) is 0 Å². The first-order chi connectivity index (χ1) is 9.66. The van der Waals surface area contributed by atoms with Crippen LogP contribution >= 0.6 is 0 Å². The number of rotatable bonds is 8. The van der Waals surface area contributed by atoms with Crippen LogP contribution < -0.4 is 15.2 Å². The second-order valence-electron chi connectivity index (χ2n) is 6.20. The molecule has 0 heterocycles. The molecule has 5 nitrogen and oxygen atoms in total. The lowest BCUT2D eigenvalue weighted by atomic mass is 10.1. The molecule has 1 aromatic rings. The molecule has 3 N–H and O–H groups in total. The minimum Gasteiger partial charge on any atom is -0.494 e. The van der Waals surface area contributed by atoms with Gasteiger partial charge in [0.1, 0.15) is 5.75 Å². The zero-order valence-corrected chi connectivity index (χ0v) is 14.0. The molecule has 0 aromatic heterocycles. The van der Waals surface area contributed by atoms with Crippen LogP contribution in [0.5, 0.6) is 5.75 Å². The fourth-order valence-corrected chi connectivity index (χ4v) is 3.01. The number of hydrogen-bond donors (Lipinski definition) is 2. The summed E-state index contributed by atoms with van der Waals surface area (Å²) in [6.45, 7) is 8.60. The predicted molar refractivity (Wildman–Crippen MR) is 84.8 cm³/mol. The third-order valence-electron chi connectivity index (χ3n) is 3.02. The van der Waals surface area contributed by atoms with Gasteiger partial charge in [0.2, 0.25) is 10.0 Å². The Morgan fingerprint density at radius 1 is 1.24 bits per heavy atom. The number of nitrogens with one attached hydrogen (secondary N) is 1. The average Bonchev–Trinajstić information content (AvgIpc) is 2.38. The van der Waals surface area contributed by atoms with Gasteiger partial charge in [-0.1, -0.05) is 13.8 Å². The van der Waals surface area contributed by atoms with Crippen molar-refractivity contribution in [3.63, 3.8) is 0 Å². The quantitative estimate of drug-likeness (QED) is 0.770. The maximum Gasteiger partial charge on any atom is 0.241 e. The van der Waals surface area contributed by atoms with E-state index in [2.05, 4.69) is 18.6 Å². The topological polar surface area (TPSA) is 81.4 Å². The van der Waals surface area contributed by atoms with Crippen molar-refractivity contribution < 1.29 is 13.2 Å². The zero-order valence-electron chi connectivity index (χ0n) is 13.2. The van der Waals surface area contributed by atoms with Crippen LogP contribution in [0.4, 0.5) is 0 Å². The van der Waals surface area contributed by atoms with Crippen molar-refractivity contribution in [3.05, 3.63) is 24.3 Å². The van der Waals surface area contributed by atoms with E-state index >= 15 is 0 Å². The summed E-state index contributed by atoms with van der Waals surface area (Å²) in [6, 6.07) is 6.42. The van der Waals surface area contributed by atoms with Crippen molar-refractivity contribution >= 4 is 10.0 Å². The molecule has 1 rings (SSSR count). The Hall–Kier alpha value is -1.11. The summed E-state index contributed by atoms with van der Waals surface area (Å²) >= 11 is 0. The molecule has 0 aliphatic heterocycles. The van der Waals surface area contributed by atoms with E-state index in [0.717, 1.165) is 6.42 Å². The van der Waals surface area contributed by atoms with Gasteiger partial charge < -0.3 is 10.5 Å². The van der Waals surface area contributed by atoms with Crippen molar-refractivity contribution in [2.24, 2.45) is 11.7 Å². The van der Waals surface area contributed by atoms with E-state index in [9.17, 15) is 8.42 Å². The van der Waals surface area contributed by atoms with Gasteiger partial charge in [-0.2, -0.15) is 0 Å². The molecule has 6 heteroatoms. The highest BCUT2D eigenvalue weighted by Crippen LogP contribution is 2.18. The van der Waals surface area contributed by atoms with Gasteiger partial charge in [0.25, 0.3) is 0 Å². The van der Waals surface area contributed by atoms with Crippen molar-refractivity contribution in [1.82, 2.24) is 4.72 Å². The van der Waals surface area contributed by atoms with Gasteiger partial charge in [0.05, 0.1) is 11.5 Å². The van der Waals surface area contributed by atoms with Crippen LogP contribution in [0.2, 0.25) is 0 Å². The summed E-state index contributed by atoms with van der Waals surface area (Å²) in [7, 11) is -3.57. The molecular formula is C15H26N2O3S. The van der Waals surface area contributed by atoms with Gasteiger partial charge in [-0.25, -0.2) is 13.1 Å². The van der Waals surface area contributed by atoms with Crippen LogP contribution in [0.25, 0.3) is 0 Å². The highest BCUT2D eigenvalue weighted by molar-refractivity contribution is 7.89. The SMILES string of the molecule is CC(C)CCOc1ccc(S(=O)(=O)NC(C)(C)CN)cc1. The molecule has 0 aliphatic carbocycles. The van der Waals surface area contributed by atoms with E-state index < -0.39 is 15.6 Å². The molecule has 0 saturated carbocycles. The molecule has 21 heavy (non-hydrogen) atoms. The van der Waals surface area contributed by atoms with Crippen molar-refractivity contribution in [3.8, 4) is 5.75 Å². The van der Waals surface area contributed by atoms with Gasteiger partial charge in [-0.05, 0) is 50.5 Å². The zero-order chi connectivity index (χ0) is 16.1. The maximum atomic E-state index is 12.2. The van der Waals surface area contributed by atoms with E-state index in [0.29, 0.717) is 18.3 Å². The minimum atomic E-state index is -3.57. The largest absolute Gasteiger partial charge is 0.494 e. The van der Waals surface area contributed by atoms with Gasteiger partial charge in [0.15, 0.2) is 0 Å². The highest BCUT2D eigenvalue weighted by Gasteiger charge is 2.24. The summed E-state index contributed by atoms with van der Waals surface area (Å²) in [5.41, 5.74) is 4.87. The number of benzene rings is 1. The summed E-state index contributed by atoms with van der Waals surface area (Å²) in [5.74, 6) is 1.25. The maximum absolute atomic E-state index is 12.2. The fraction of sp³-hybridized carbons (Fsp3) is 0.600. The van der Waals surface area contributed by atoms with Crippen LogP contribution in [0, 0.1) is 5.92 Å².